The first-order chi connectivity index (χ1) is 13.3. The van der Waals surface area contributed by atoms with Gasteiger partial charge >= 0.3 is 6.03 Å². The third kappa shape index (κ3) is 5.39. The van der Waals surface area contributed by atoms with E-state index in [0.717, 1.165) is 0 Å². The maximum absolute atomic E-state index is 12.5. The molecule has 9 heteroatoms. The normalized spacial score (nSPS) is 10.9. The first-order valence-corrected chi connectivity index (χ1v) is 10.3. The first kappa shape index (κ1) is 20.0. The van der Waals surface area contributed by atoms with Gasteiger partial charge in [-0.05, 0) is 54.6 Å². The van der Waals surface area contributed by atoms with Crippen LogP contribution >= 0.6 is 23.2 Å². The quantitative estimate of drug-likeness (QED) is 0.498. The molecule has 0 fully saturated rings. The number of rotatable bonds is 5. The first-order valence-electron chi connectivity index (χ1n) is 8.04. The monoisotopic (exact) mass is 435 g/mol. The lowest BCUT2D eigenvalue weighted by Crippen LogP contribution is -2.19. The molecule has 0 saturated carbocycles. The van der Waals surface area contributed by atoms with Crippen LogP contribution in [0.2, 0.25) is 10.0 Å². The maximum Gasteiger partial charge on any atom is 0.323 e. The lowest BCUT2D eigenvalue weighted by atomic mass is 10.3. The molecule has 0 heterocycles. The molecule has 6 nitrogen and oxygen atoms in total. The molecule has 3 rings (SSSR count). The zero-order valence-electron chi connectivity index (χ0n) is 14.3. The number of urea groups is 1. The van der Waals surface area contributed by atoms with Crippen LogP contribution in [0, 0.1) is 0 Å². The summed E-state index contributed by atoms with van der Waals surface area (Å²) in [6, 6.07) is 18.7. The molecule has 144 valence electrons. The van der Waals surface area contributed by atoms with E-state index in [1.165, 1.54) is 42.5 Å². The zero-order valence-corrected chi connectivity index (χ0v) is 16.6. The summed E-state index contributed by atoms with van der Waals surface area (Å²) < 4.78 is 27.4. The van der Waals surface area contributed by atoms with Gasteiger partial charge in [0.1, 0.15) is 0 Å². The van der Waals surface area contributed by atoms with Crippen LogP contribution in [0.1, 0.15) is 0 Å². The van der Waals surface area contributed by atoms with Crippen LogP contribution in [0.5, 0.6) is 0 Å². The number of nitrogens with one attached hydrogen (secondary N) is 3. The summed E-state index contributed by atoms with van der Waals surface area (Å²) in [5.41, 5.74) is 1.34. The molecule has 3 N–H and O–H groups in total. The van der Waals surface area contributed by atoms with Crippen LogP contribution in [-0.4, -0.2) is 14.4 Å². The maximum atomic E-state index is 12.5. The molecule has 0 unspecified atom stereocenters. The van der Waals surface area contributed by atoms with Gasteiger partial charge in [0, 0.05) is 21.4 Å². The third-order valence-corrected chi connectivity index (χ3v) is 5.40. The minimum absolute atomic E-state index is 0.0256. The Morgan fingerprint density at radius 2 is 1.25 bits per heavy atom. The standard InChI is InChI=1S/C19H15Cl2N3O3S/c20-13-10-14(21)12-17(11-13)24-28(26,27)18-8-6-16(7-9-18)23-19(25)22-15-4-2-1-3-5-15/h1-12,24H,(H2,22,23,25). The largest absolute Gasteiger partial charge is 0.323 e. The number of hydrogen-bond donors (Lipinski definition) is 3. The fourth-order valence-electron chi connectivity index (χ4n) is 2.36. The molecule has 0 atom stereocenters. The zero-order chi connectivity index (χ0) is 20.1. The van der Waals surface area contributed by atoms with Gasteiger partial charge in [0.05, 0.1) is 10.6 Å². The molecule has 2 amide bonds. The van der Waals surface area contributed by atoms with Crippen LogP contribution in [-0.2, 0) is 10.0 Å². The Morgan fingerprint density at radius 1 is 0.714 bits per heavy atom. The second-order valence-corrected chi connectivity index (χ2v) is 8.29. The highest BCUT2D eigenvalue weighted by molar-refractivity contribution is 7.92. The number of para-hydroxylation sites is 1. The minimum atomic E-state index is -3.84. The van der Waals surface area contributed by atoms with E-state index in [2.05, 4.69) is 15.4 Å². The van der Waals surface area contributed by atoms with E-state index in [4.69, 9.17) is 23.2 Å². The SMILES string of the molecule is O=C(Nc1ccccc1)Nc1ccc(S(=O)(=O)Nc2cc(Cl)cc(Cl)c2)cc1. The van der Waals surface area contributed by atoms with Gasteiger partial charge in [-0.25, -0.2) is 13.2 Å². The van der Waals surface area contributed by atoms with Crippen molar-refractivity contribution in [3.63, 3.8) is 0 Å². The second-order valence-electron chi connectivity index (χ2n) is 5.73. The van der Waals surface area contributed by atoms with E-state index in [9.17, 15) is 13.2 Å². The van der Waals surface area contributed by atoms with Gasteiger partial charge in [0.25, 0.3) is 10.0 Å². The van der Waals surface area contributed by atoms with Crippen molar-refractivity contribution in [3.8, 4) is 0 Å². The highest BCUT2D eigenvalue weighted by atomic mass is 35.5. The summed E-state index contributed by atoms with van der Waals surface area (Å²) in [5.74, 6) is 0. The molecule has 0 aromatic heterocycles. The van der Waals surface area contributed by atoms with Gasteiger partial charge in [0.15, 0.2) is 0 Å². The van der Waals surface area contributed by atoms with Crippen molar-refractivity contribution < 1.29 is 13.2 Å². The summed E-state index contributed by atoms with van der Waals surface area (Å²) >= 11 is 11.8. The van der Waals surface area contributed by atoms with Gasteiger partial charge < -0.3 is 10.6 Å². The topological polar surface area (TPSA) is 87.3 Å². The Balaban J connectivity index is 1.68. The number of halogens is 2. The molecule has 28 heavy (non-hydrogen) atoms. The molecule has 0 spiro atoms. The van der Waals surface area contributed by atoms with E-state index in [1.54, 1.807) is 24.3 Å². The molecule has 3 aromatic rings. The number of carbonyl (C=O) groups excluding carboxylic acids is 1. The van der Waals surface area contributed by atoms with E-state index < -0.39 is 16.1 Å². The van der Waals surface area contributed by atoms with Crippen LogP contribution < -0.4 is 15.4 Å². The van der Waals surface area contributed by atoms with Gasteiger partial charge in [-0.15, -0.1) is 0 Å². The molecule has 0 bridgehead atoms. The average Bonchev–Trinajstić information content (AvgIpc) is 2.61. The Labute approximate surface area is 172 Å². The second kappa shape index (κ2) is 8.52. The lowest BCUT2D eigenvalue weighted by molar-refractivity contribution is 0.262. The molecule has 3 aromatic carbocycles. The number of anilines is 3. The number of amides is 2. The summed E-state index contributed by atoms with van der Waals surface area (Å²) in [6.07, 6.45) is 0. The van der Waals surface area contributed by atoms with Crippen molar-refractivity contribution in [2.45, 2.75) is 4.90 Å². The lowest BCUT2D eigenvalue weighted by Gasteiger charge is -2.11. The molecule has 0 aliphatic heterocycles. The van der Waals surface area contributed by atoms with Crippen LogP contribution in [0.25, 0.3) is 0 Å². The van der Waals surface area contributed by atoms with Gasteiger partial charge in [0.2, 0.25) is 0 Å². The number of sulfonamides is 1. The predicted molar refractivity (Wildman–Crippen MR) is 113 cm³/mol. The Kier molecular flexibility index (Phi) is 6.08. The molecular formula is C19H15Cl2N3O3S. The van der Waals surface area contributed by atoms with E-state index in [1.807, 2.05) is 6.07 Å². The van der Waals surface area contributed by atoms with Gasteiger partial charge in [-0.2, -0.15) is 0 Å². The number of benzene rings is 3. The minimum Gasteiger partial charge on any atom is -0.308 e. The predicted octanol–water partition coefficient (Wildman–Crippen LogP) is 5.44. The Hall–Kier alpha value is -2.74. The Morgan fingerprint density at radius 3 is 1.82 bits per heavy atom. The van der Waals surface area contributed by atoms with Gasteiger partial charge in [-0.1, -0.05) is 41.4 Å². The summed E-state index contributed by atoms with van der Waals surface area (Å²) in [7, 11) is -3.84. The third-order valence-electron chi connectivity index (χ3n) is 3.57. The van der Waals surface area contributed by atoms with Crippen LogP contribution in [0.15, 0.2) is 77.7 Å². The molecule has 0 saturated heterocycles. The van der Waals surface area contributed by atoms with E-state index in [0.29, 0.717) is 21.4 Å². The van der Waals surface area contributed by atoms with Crippen molar-refractivity contribution in [1.82, 2.24) is 0 Å². The van der Waals surface area contributed by atoms with E-state index >= 15 is 0 Å². The van der Waals surface area contributed by atoms with Gasteiger partial charge in [-0.3, -0.25) is 4.72 Å². The van der Waals surface area contributed by atoms with Crippen molar-refractivity contribution in [2.24, 2.45) is 0 Å². The van der Waals surface area contributed by atoms with Crippen molar-refractivity contribution in [2.75, 3.05) is 15.4 Å². The molecule has 0 radical (unpaired) electrons. The van der Waals surface area contributed by atoms with Crippen LogP contribution in [0.3, 0.4) is 0 Å². The Bertz CT molecular complexity index is 1070. The number of hydrogen-bond acceptors (Lipinski definition) is 3. The average molecular weight is 436 g/mol. The van der Waals surface area contributed by atoms with E-state index in [-0.39, 0.29) is 10.6 Å². The van der Waals surface area contributed by atoms with Crippen molar-refractivity contribution >= 4 is 56.3 Å². The highest BCUT2D eigenvalue weighted by Gasteiger charge is 2.15. The van der Waals surface area contributed by atoms with Crippen molar-refractivity contribution in [3.05, 3.63) is 82.8 Å². The highest BCUT2D eigenvalue weighted by Crippen LogP contribution is 2.25. The molecule has 0 aliphatic rings. The molecular weight excluding hydrogens is 421 g/mol. The fourth-order valence-corrected chi connectivity index (χ4v) is 3.93. The number of carbonyl (C=O) groups is 1. The van der Waals surface area contributed by atoms with Crippen LogP contribution in [0.4, 0.5) is 21.9 Å². The summed E-state index contributed by atoms with van der Waals surface area (Å²) in [5, 5.41) is 5.93. The molecule has 0 aliphatic carbocycles. The van der Waals surface area contributed by atoms with Crippen molar-refractivity contribution in [1.29, 1.82) is 0 Å². The fraction of sp³-hybridized carbons (Fsp3) is 0. The smallest absolute Gasteiger partial charge is 0.308 e. The summed E-state index contributed by atoms with van der Waals surface area (Å²) in [6.45, 7) is 0. The summed E-state index contributed by atoms with van der Waals surface area (Å²) in [4.78, 5) is 12.0.